The summed E-state index contributed by atoms with van der Waals surface area (Å²) in [4.78, 5) is 4.74. The lowest BCUT2D eigenvalue weighted by atomic mass is 9.96. The molecule has 1 heterocycles. The van der Waals surface area contributed by atoms with Gasteiger partial charge >= 0.3 is 0 Å². The second-order valence-electron chi connectivity index (χ2n) is 7.09. The SMILES string of the molecule is Cn1cc(-c2ccc(C(O)CCC(N)O)cc2)nc1C(C)(C)C. The Hall–Kier alpha value is -1.69. The number of aliphatic hydroxyl groups excluding tert-OH is 2. The van der Waals surface area contributed by atoms with E-state index in [1.807, 2.05) is 37.5 Å². The van der Waals surface area contributed by atoms with Crippen molar-refractivity contribution < 1.29 is 10.2 Å². The van der Waals surface area contributed by atoms with Crippen LogP contribution in [-0.4, -0.2) is 26.0 Å². The third kappa shape index (κ3) is 4.41. The predicted octanol–water partition coefficient (Wildman–Crippen LogP) is 2.48. The lowest BCUT2D eigenvalue weighted by Gasteiger charge is -2.17. The molecule has 0 saturated carbocycles. The molecule has 0 aliphatic carbocycles. The summed E-state index contributed by atoms with van der Waals surface area (Å²) >= 11 is 0. The summed E-state index contributed by atoms with van der Waals surface area (Å²) < 4.78 is 2.06. The highest BCUT2D eigenvalue weighted by atomic mass is 16.3. The molecule has 5 nitrogen and oxygen atoms in total. The lowest BCUT2D eigenvalue weighted by molar-refractivity contribution is 0.118. The quantitative estimate of drug-likeness (QED) is 0.740. The second-order valence-corrected chi connectivity index (χ2v) is 7.09. The Balaban J connectivity index is 2.17. The molecule has 4 N–H and O–H groups in total. The zero-order chi connectivity index (χ0) is 17.2. The van der Waals surface area contributed by atoms with E-state index in [0.29, 0.717) is 12.8 Å². The highest BCUT2D eigenvalue weighted by Gasteiger charge is 2.20. The van der Waals surface area contributed by atoms with Gasteiger partial charge in [-0.3, -0.25) is 0 Å². The Morgan fingerprint density at radius 2 is 1.74 bits per heavy atom. The maximum Gasteiger partial charge on any atom is 0.114 e. The van der Waals surface area contributed by atoms with Crippen molar-refractivity contribution in [2.75, 3.05) is 0 Å². The summed E-state index contributed by atoms with van der Waals surface area (Å²) in [6.07, 6.45) is 1.34. The van der Waals surface area contributed by atoms with Crippen LogP contribution in [0.4, 0.5) is 0 Å². The normalized spacial score (nSPS) is 14.7. The van der Waals surface area contributed by atoms with E-state index in [1.54, 1.807) is 0 Å². The van der Waals surface area contributed by atoms with Crippen LogP contribution in [0.1, 0.15) is 51.1 Å². The molecule has 2 aromatic rings. The van der Waals surface area contributed by atoms with Crippen LogP contribution in [0.3, 0.4) is 0 Å². The molecule has 2 rings (SSSR count). The van der Waals surface area contributed by atoms with Crippen LogP contribution in [0.2, 0.25) is 0 Å². The summed E-state index contributed by atoms with van der Waals surface area (Å²) in [6.45, 7) is 6.43. The fourth-order valence-electron chi connectivity index (χ4n) is 2.67. The molecular weight excluding hydrogens is 290 g/mol. The molecule has 0 bridgehead atoms. The molecule has 2 unspecified atom stereocenters. The topological polar surface area (TPSA) is 84.3 Å². The van der Waals surface area contributed by atoms with Crippen molar-refractivity contribution in [2.24, 2.45) is 12.8 Å². The molecule has 0 fully saturated rings. The molecule has 0 aliphatic rings. The summed E-state index contributed by atoms with van der Waals surface area (Å²) in [5, 5.41) is 19.2. The van der Waals surface area contributed by atoms with E-state index in [0.717, 1.165) is 22.6 Å². The number of aromatic nitrogens is 2. The third-order valence-corrected chi connectivity index (χ3v) is 3.87. The maximum atomic E-state index is 10.1. The number of aliphatic hydroxyl groups is 2. The number of nitrogens with two attached hydrogens (primary N) is 1. The summed E-state index contributed by atoms with van der Waals surface area (Å²) in [6, 6.07) is 7.72. The van der Waals surface area contributed by atoms with E-state index in [-0.39, 0.29) is 5.41 Å². The van der Waals surface area contributed by atoms with Crippen molar-refractivity contribution in [1.82, 2.24) is 9.55 Å². The smallest absolute Gasteiger partial charge is 0.114 e. The first-order chi connectivity index (χ1) is 10.7. The summed E-state index contributed by atoms with van der Waals surface area (Å²) in [7, 11) is 2.01. The Labute approximate surface area is 137 Å². The molecule has 23 heavy (non-hydrogen) atoms. The van der Waals surface area contributed by atoms with Crippen molar-refractivity contribution >= 4 is 0 Å². The van der Waals surface area contributed by atoms with Gasteiger partial charge in [0.05, 0.1) is 11.8 Å². The molecule has 0 radical (unpaired) electrons. The fourth-order valence-corrected chi connectivity index (χ4v) is 2.67. The Bertz CT molecular complexity index is 639. The van der Waals surface area contributed by atoms with E-state index in [9.17, 15) is 5.11 Å². The van der Waals surface area contributed by atoms with Gasteiger partial charge in [-0.1, -0.05) is 45.0 Å². The van der Waals surface area contributed by atoms with Gasteiger partial charge in [0.2, 0.25) is 0 Å². The van der Waals surface area contributed by atoms with E-state index in [4.69, 9.17) is 15.8 Å². The zero-order valence-electron chi connectivity index (χ0n) is 14.3. The van der Waals surface area contributed by atoms with Gasteiger partial charge in [-0.25, -0.2) is 4.98 Å². The van der Waals surface area contributed by atoms with Gasteiger partial charge < -0.3 is 20.5 Å². The predicted molar refractivity (Wildman–Crippen MR) is 91.7 cm³/mol. The number of aryl methyl sites for hydroxylation is 1. The van der Waals surface area contributed by atoms with Gasteiger partial charge in [-0.05, 0) is 18.4 Å². The van der Waals surface area contributed by atoms with E-state index >= 15 is 0 Å². The molecule has 1 aromatic carbocycles. The Morgan fingerprint density at radius 3 is 2.22 bits per heavy atom. The average Bonchev–Trinajstić information content (AvgIpc) is 2.87. The minimum atomic E-state index is -0.881. The first-order valence-corrected chi connectivity index (χ1v) is 7.94. The fraction of sp³-hybridized carbons (Fsp3) is 0.500. The van der Waals surface area contributed by atoms with E-state index in [1.165, 1.54) is 0 Å². The van der Waals surface area contributed by atoms with Crippen molar-refractivity contribution in [3.05, 3.63) is 41.9 Å². The zero-order valence-corrected chi connectivity index (χ0v) is 14.3. The van der Waals surface area contributed by atoms with Crippen LogP contribution >= 0.6 is 0 Å². The summed E-state index contributed by atoms with van der Waals surface area (Å²) in [5.41, 5.74) is 8.06. The molecule has 5 heteroatoms. The second kappa shape index (κ2) is 6.83. The van der Waals surface area contributed by atoms with Gasteiger partial charge in [-0.15, -0.1) is 0 Å². The van der Waals surface area contributed by atoms with Crippen LogP contribution in [-0.2, 0) is 12.5 Å². The van der Waals surface area contributed by atoms with Gasteiger partial charge in [0, 0.05) is 24.2 Å². The lowest BCUT2D eigenvalue weighted by Crippen LogP contribution is -2.19. The number of nitrogens with zero attached hydrogens (tertiary/aromatic N) is 2. The minimum Gasteiger partial charge on any atom is -0.388 e. The molecule has 0 amide bonds. The van der Waals surface area contributed by atoms with Gasteiger partial charge in [0.15, 0.2) is 0 Å². The highest BCUT2D eigenvalue weighted by Crippen LogP contribution is 2.27. The van der Waals surface area contributed by atoms with Crippen LogP contribution in [0.5, 0.6) is 0 Å². The number of hydrogen-bond donors (Lipinski definition) is 3. The van der Waals surface area contributed by atoms with Crippen LogP contribution in [0.25, 0.3) is 11.3 Å². The van der Waals surface area contributed by atoms with Crippen molar-refractivity contribution in [3.63, 3.8) is 0 Å². The third-order valence-electron chi connectivity index (χ3n) is 3.87. The standard InChI is InChI=1S/C18H27N3O2/c1-18(2,3)17-20-14(11-21(17)4)12-5-7-13(8-6-12)15(22)9-10-16(19)23/h5-8,11,15-16,22-23H,9-10,19H2,1-4H3. The van der Waals surface area contributed by atoms with E-state index < -0.39 is 12.3 Å². The monoisotopic (exact) mass is 317 g/mol. The van der Waals surface area contributed by atoms with Gasteiger partial charge in [0.25, 0.3) is 0 Å². The first kappa shape index (κ1) is 17.7. The molecule has 1 aromatic heterocycles. The van der Waals surface area contributed by atoms with Crippen LogP contribution < -0.4 is 5.73 Å². The van der Waals surface area contributed by atoms with Gasteiger partial charge in [0.1, 0.15) is 12.1 Å². The molecule has 0 saturated heterocycles. The molecular formula is C18H27N3O2. The van der Waals surface area contributed by atoms with E-state index in [2.05, 4.69) is 25.3 Å². The Kier molecular flexibility index (Phi) is 5.24. The Morgan fingerprint density at radius 1 is 1.13 bits per heavy atom. The molecule has 126 valence electrons. The number of benzene rings is 1. The minimum absolute atomic E-state index is 0.00774. The van der Waals surface area contributed by atoms with Crippen LogP contribution in [0.15, 0.2) is 30.5 Å². The largest absolute Gasteiger partial charge is 0.388 e. The van der Waals surface area contributed by atoms with Crippen molar-refractivity contribution in [1.29, 1.82) is 0 Å². The summed E-state index contributed by atoms with van der Waals surface area (Å²) in [5.74, 6) is 1.04. The van der Waals surface area contributed by atoms with Gasteiger partial charge in [-0.2, -0.15) is 0 Å². The number of hydrogen-bond acceptors (Lipinski definition) is 4. The number of rotatable bonds is 5. The van der Waals surface area contributed by atoms with Crippen molar-refractivity contribution in [2.45, 2.75) is 51.4 Å². The number of imidazole rings is 1. The highest BCUT2D eigenvalue weighted by molar-refractivity contribution is 5.59. The van der Waals surface area contributed by atoms with Crippen LogP contribution in [0, 0.1) is 0 Å². The molecule has 0 spiro atoms. The molecule has 2 atom stereocenters. The maximum absolute atomic E-state index is 10.1. The average molecular weight is 317 g/mol. The van der Waals surface area contributed by atoms with Crippen molar-refractivity contribution in [3.8, 4) is 11.3 Å². The first-order valence-electron chi connectivity index (χ1n) is 7.94. The molecule has 0 aliphatic heterocycles.